The fourth-order valence-corrected chi connectivity index (χ4v) is 1.24. The van der Waals surface area contributed by atoms with Crippen molar-refractivity contribution in [2.24, 2.45) is 0 Å². The van der Waals surface area contributed by atoms with Gasteiger partial charge in [0.05, 0.1) is 5.02 Å². The minimum Gasteiger partial charge on any atom is -0.404 e. The number of aryl methyl sites for hydroxylation is 1. The molecule has 0 fully saturated rings. The SMILES string of the molecule is Cc1ccc(OC(F)(F)F)c(Cl)c1Cl. The van der Waals surface area contributed by atoms with Crippen LogP contribution in [-0.4, -0.2) is 6.36 Å². The molecule has 0 radical (unpaired) electrons. The summed E-state index contributed by atoms with van der Waals surface area (Å²) in [5, 5.41) is -0.169. The zero-order chi connectivity index (χ0) is 10.9. The standard InChI is InChI=1S/C8H5Cl2F3O/c1-4-2-3-5(7(10)6(4)9)14-8(11,12)13/h2-3H,1H3. The third kappa shape index (κ3) is 2.69. The molecule has 0 aliphatic heterocycles. The fourth-order valence-electron chi connectivity index (χ4n) is 0.832. The van der Waals surface area contributed by atoms with Crippen molar-refractivity contribution in [3.8, 4) is 5.75 Å². The van der Waals surface area contributed by atoms with Crippen LogP contribution in [0.5, 0.6) is 5.75 Å². The molecule has 0 saturated carbocycles. The van der Waals surface area contributed by atoms with E-state index in [1.807, 2.05) is 0 Å². The molecule has 78 valence electrons. The van der Waals surface area contributed by atoms with Gasteiger partial charge in [-0.1, -0.05) is 29.3 Å². The van der Waals surface area contributed by atoms with E-state index in [-0.39, 0.29) is 10.0 Å². The van der Waals surface area contributed by atoms with Gasteiger partial charge >= 0.3 is 6.36 Å². The lowest BCUT2D eigenvalue weighted by atomic mass is 10.2. The van der Waals surface area contributed by atoms with Crippen LogP contribution in [0.25, 0.3) is 0 Å². The Hall–Kier alpha value is -0.610. The van der Waals surface area contributed by atoms with Crippen molar-refractivity contribution in [1.29, 1.82) is 0 Å². The zero-order valence-corrected chi connectivity index (χ0v) is 8.46. The predicted molar refractivity (Wildman–Crippen MR) is 47.9 cm³/mol. The van der Waals surface area contributed by atoms with E-state index in [2.05, 4.69) is 4.74 Å². The van der Waals surface area contributed by atoms with Crippen LogP contribution in [-0.2, 0) is 0 Å². The highest BCUT2D eigenvalue weighted by molar-refractivity contribution is 6.43. The minimum absolute atomic E-state index is 0.0633. The second-order valence-corrected chi connectivity index (χ2v) is 3.31. The number of halogens is 5. The molecule has 0 aromatic heterocycles. The summed E-state index contributed by atoms with van der Waals surface area (Å²) in [5.74, 6) is -0.491. The van der Waals surface area contributed by atoms with Crippen molar-refractivity contribution in [3.05, 3.63) is 27.7 Å². The van der Waals surface area contributed by atoms with Gasteiger partial charge < -0.3 is 4.74 Å². The molecule has 0 spiro atoms. The molecule has 0 unspecified atom stereocenters. The number of benzene rings is 1. The molecular formula is C8H5Cl2F3O. The van der Waals surface area contributed by atoms with Gasteiger partial charge in [-0.15, -0.1) is 13.2 Å². The van der Waals surface area contributed by atoms with Gasteiger partial charge in [-0.05, 0) is 18.6 Å². The number of rotatable bonds is 1. The van der Waals surface area contributed by atoms with Crippen LogP contribution in [0.1, 0.15) is 5.56 Å². The number of ether oxygens (including phenoxy) is 1. The van der Waals surface area contributed by atoms with Crippen LogP contribution in [0.15, 0.2) is 12.1 Å². The van der Waals surface area contributed by atoms with E-state index in [1.54, 1.807) is 6.92 Å². The maximum absolute atomic E-state index is 11.8. The highest BCUT2D eigenvalue weighted by atomic mass is 35.5. The second-order valence-electron chi connectivity index (χ2n) is 2.56. The Morgan fingerprint density at radius 3 is 2.21 bits per heavy atom. The second kappa shape index (κ2) is 3.87. The predicted octanol–water partition coefficient (Wildman–Crippen LogP) is 4.20. The van der Waals surface area contributed by atoms with Crippen LogP contribution in [0.3, 0.4) is 0 Å². The summed E-state index contributed by atoms with van der Waals surface area (Å²) in [4.78, 5) is 0. The largest absolute Gasteiger partial charge is 0.573 e. The van der Waals surface area contributed by atoms with Crippen LogP contribution in [0.2, 0.25) is 10.0 Å². The lowest BCUT2D eigenvalue weighted by Crippen LogP contribution is -2.17. The quantitative estimate of drug-likeness (QED) is 0.720. The number of hydrogen-bond donors (Lipinski definition) is 0. The molecule has 1 nitrogen and oxygen atoms in total. The van der Waals surface area contributed by atoms with Crippen molar-refractivity contribution < 1.29 is 17.9 Å². The smallest absolute Gasteiger partial charge is 0.404 e. The Bertz CT molecular complexity index is 349. The van der Waals surface area contributed by atoms with Crippen LogP contribution >= 0.6 is 23.2 Å². The molecule has 1 aromatic carbocycles. The lowest BCUT2D eigenvalue weighted by Gasteiger charge is -2.11. The monoisotopic (exact) mass is 244 g/mol. The van der Waals surface area contributed by atoms with Gasteiger partial charge in [-0.3, -0.25) is 0 Å². The molecule has 0 amide bonds. The Labute approximate surface area is 88.4 Å². The normalized spacial score (nSPS) is 11.6. The number of alkyl halides is 3. The molecule has 0 bridgehead atoms. The van der Waals surface area contributed by atoms with Crippen molar-refractivity contribution in [2.45, 2.75) is 13.3 Å². The molecular weight excluding hydrogens is 240 g/mol. The van der Waals surface area contributed by atoms with E-state index in [0.717, 1.165) is 6.07 Å². The van der Waals surface area contributed by atoms with E-state index in [1.165, 1.54) is 6.07 Å². The van der Waals surface area contributed by atoms with Crippen LogP contribution in [0, 0.1) is 6.92 Å². The summed E-state index contributed by atoms with van der Waals surface area (Å²) in [6.07, 6.45) is -4.76. The molecule has 0 aliphatic rings. The summed E-state index contributed by atoms with van der Waals surface area (Å²) in [6, 6.07) is 2.52. The first-order valence-corrected chi connectivity index (χ1v) is 4.27. The van der Waals surface area contributed by atoms with E-state index in [9.17, 15) is 13.2 Å². The van der Waals surface area contributed by atoms with E-state index >= 15 is 0 Å². The van der Waals surface area contributed by atoms with Crippen molar-refractivity contribution in [2.75, 3.05) is 0 Å². The Balaban J connectivity index is 3.06. The Kier molecular flexibility index (Phi) is 3.17. The first-order valence-electron chi connectivity index (χ1n) is 3.51. The molecule has 0 heterocycles. The summed E-state index contributed by atoms with van der Waals surface area (Å²) in [5.41, 5.74) is 0.589. The maximum atomic E-state index is 11.8. The van der Waals surface area contributed by atoms with Gasteiger partial charge in [-0.2, -0.15) is 0 Å². The Morgan fingerprint density at radius 1 is 1.14 bits per heavy atom. The van der Waals surface area contributed by atoms with E-state index < -0.39 is 12.1 Å². The highest BCUT2D eigenvalue weighted by Crippen LogP contribution is 2.36. The molecule has 0 atom stereocenters. The lowest BCUT2D eigenvalue weighted by molar-refractivity contribution is -0.274. The van der Waals surface area contributed by atoms with Gasteiger partial charge in [0.1, 0.15) is 10.8 Å². The fraction of sp³-hybridized carbons (Fsp3) is 0.250. The maximum Gasteiger partial charge on any atom is 0.573 e. The van der Waals surface area contributed by atoms with E-state index in [4.69, 9.17) is 23.2 Å². The molecule has 0 aliphatic carbocycles. The van der Waals surface area contributed by atoms with Gasteiger partial charge in [0.25, 0.3) is 0 Å². The molecule has 0 N–H and O–H groups in total. The molecule has 1 aromatic rings. The molecule has 6 heteroatoms. The number of hydrogen-bond acceptors (Lipinski definition) is 1. The average Bonchev–Trinajstić information content (AvgIpc) is 2.04. The van der Waals surface area contributed by atoms with Crippen molar-refractivity contribution in [1.82, 2.24) is 0 Å². The topological polar surface area (TPSA) is 9.23 Å². The highest BCUT2D eigenvalue weighted by Gasteiger charge is 2.32. The van der Waals surface area contributed by atoms with Gasteiger partial charge in [0, 0.05) is 0 Å². The molecule has 0 saturated heterocycles. The first-order chi connectivity index (χ1) is 6.31. The summed E-state index contributed by atoms with van der Waals surface area (Å²) >= 11 is 11.2. The third-order valence-electron chi connectivity index (χ3n) is 1.47. The van der Waals surface area contributed by atoms with Crippen LogP contribution in [0.4, 0.5) is 13.2 Å². The Morgan fingerprint density at radius 2 is 1.71 bits per heavy atom. The average molecular weight is 245 g/mol. The summed E-state index contributed by atoms with van der Waals surface area (Å²) in [7, 11) is 0. The molecule has 14 heavy (non-hydrogen) atoms. The zero-order valence-electron chi connectivity index (χ0n) is 6.95. The van der Waals surface area contributed by atoms with Crippen molar-refractivity contribution >= 4 is 23.2 Å². The first kappa shape index (κ1) is 11.5. The van der Waals surface area contributed by atoms with Gasteiger partial charge in [-0.25, -0.2) is 0 Å². The van der Waals surface area contributed by atoms with Crippen molar-refractivity contribution in [3.63, 3.8) is 0 Å². The van der Waals surface area contributed by atoms with E-state index in [0.29, 0.717) is 5.56 Å². The van der Waals surface area contributed by atoms with Gasteiger partial charge in [0.15, 0.2) is 0 Å². The minimum atomic E-state index is -4.76. The summed E-state index contributed by atoms with van der Waals surface area (Å²) in [6.45, 7) is 1.63. The summed E-state index contributed by atoms with van der Waals surface area (Å²) < 4.78 is 39.1. The van der Waals surface area contributed by atoms with Crippen LogP contribution < -0.4 is 4.74 Å². The van der Waals surface area contributed by atoms with Gasteiger partial charge in [0.2, 0.25) is 0 Å². The molecule has 1 rings (SSSR count). The third-order valence-corrected chi connectivity index (χ3v) is 2.42.